The van der Waals surface area contributed by atoms with E-state index < -0.39 is 5.54 Å². The van der Waals surface area contributed by atoms with E-state index in [1.54, 1.807) is 0 Å². The van der Waals surface area contributed by atoms with E-state index in [0.29, 0.717) is 5.92 Å². The van der Waals surface area contributed by atoms with Gasteiger partial charge in [0.1, 0.15) is 5.54 Å². The van der Waals surface area contributed by atoms with Crippen molar-refractivity contribution in [2.75, 3.05) is 26.7 Å². The van der Waals surface area contributed by atoms with Gasteiger partial charge in [-0.05, 0) is 64.1 Å². The SMILES string of the molecule is CCNC1(C(N)=O)CCCC1CCN(C)CC1CCC1. The van der Waals surface area contributed by atoms with E-state index in [9.17, 15) is 4.79 Å². The molecule has 0 aliphatic heterocycles. The van der Waals surface area contributed by atoms with Gasteiger partial charge >= 0.3 is 0 Å². The van der Waals surface area contributed by atoms with Gasteiger partial charge in [0.15, 0.2) is 0 Å². The van der Waals surface area contributed by atoms with Crippen LogP contribution in [0.25, 0.3) is 0 Å². The molecule has 4 heteroatoms. The molecule has 0 aromatic carbocycles. The molecule has 4 nitrogen and oxygen atoms in total. The summed E-state index contributed by atoms with van der Waals surface area (Å²) >= 11 is 0. The summed E-state index contributed by atoms with van der Waals surface area (Å²) in [6, 6.07) is 0. The van der Waals surface area contributed by atoms with Gasteiger partial charge in [-0.15, -0.1) is 0 Å². The maximum absolute atomic E-state index is 11.9. The highest BCUT2D eigenvalue weighted by molar-refractivity contribution is 5.85. The third-order valence-corrected chi connectivity index (χ3v) is 5.41. The number of carbonyl (C=O) groups is 1. The summed E-state index contributed by atoms with van der Waals surface area (Å²) in [5, 5.41) is 3.40. The number of likely N-dealkylation sites (N-methyl/N-ethyl adjacent to an activating group) is 1. The molecule has 2 saturated carbocycles. The van der Waals surface area contributed by atoms with Crippen LogP contribution in [-0.2, 0) is 4.79 Å². The first-order valence-corrected chi connectivity index (χ1v) is 8.32. The van der Waals surface area contributed by atoms with Crippen LogP contribution >= 0.6 is 0 Å². The van der Waals surface area contributed by atoms with Crippen LogP contribution < -0.4 is 11.1 Å². The summed E-state index contributed by atoms with van der Waals surface area (Å²) in [4.78, 5) is 14.4. The molecule has 0 aromatic rings. The quantitative estimate of drug-likeness (QED) is 0.712. The highest BCUT2D eigenvalue weighted by Gasteiger charge is 2.46. The van der Waals surface area contributed by atoms with Crippen molar-refractivity contribution < 1.29 is 4.79 Å². The summed E-state index contributed by atoms with van der Waals surface area (Å²) < 4.78 is 0. The van der Waals surface area contributed by atoms with Gasteiger partial charge < -0.3 is 16.0 Å². The lowest BCUT2D eigenvalue weighted by molar-refractivity contribution is -0.126. The molecule has 2 atom stereocenters. The van der Waals surface area contributed by atoms with Crippen LogP contribution in [0.15, 0.2) is 0 Å². The predicted octanol–water partition coefficient (Wildman–Crippen LogP) is 1.74. The van der Waals surface area contributed by atoms with E-state index >= 15 is 0 Å². The van der Waals surface area contributed by atoms with Gasteiger partial charge in [-0.1, -0.05) is 19.8 Å². The molecule has 2 aliphatic carbocycles. The largest absolute Gasteiger partial charge is 0.368 e. The van der Waals surface area contributed by atoms with Crippen LogP contribution in [-0.4, -0.2) is 43.0 Å². The summed E-state index contributed by atoms with van der Waals surface area (Å²) in [5.41, 5.74) is 5.27. The van der Waals surface area contributed by atoms with Crippen LogP contribution in [0.5, 0.6) is 0 Å². The lowest BCUT2D eigenvalue weighted by Gasteiger charge is -2.35. The minimum Gasteiger partial charge on any atom is -0.368 e. The number of primary amides is 1. The first-order valence-electron chi connectivity index (χ1n) is 8.32. The lowest BCUT2D eigenvalue weighted by atomic mass is 9.83. The van der Waals surface area contributed by atoms with Crippen LogP contribution in [0, 0.1) is 11.8 Å². The van der Waals surface area contributed by atoms with Crippen LogP contribution in [0.1, 0.15) is 51.9 Å². The van der Waals surface area contributed by atoms with Crippen molar-refractivity contribution >= 4 is 5.91 Å². The molecule has 2 fully saturated rings. The molecule has 0 aromatic heterocycles. The Morgan fingerprint density at radius 2 is 2.10 bits per heavy atom. The molecule has 2 unspecified atom stereocenters. The zero-order valence-corrected chi connectivity index (χ0v) is 13.2. The molecule has 116 valence electrons. The van der Waals surface area contributed by atoms with E-state index in [0.717, 1.165) is 44.7 Å². The monoisotopic (exact) mass is 281 g/mol. The number of hydrogen-bond donors (Lipinski definition) is 2. The van der Waals surface area contributed by atoms with Crippen molar-refractivity contribution in [1.29, 1.82) is 0 Å². The molecular formula is C16H31N3O. The fourth-order valence-electron chi connectivity index (χ4n) is 4.01. The third-order valence-electron chi connectivity index (χ3n) is 5.41. The smallest absolute Gasteiger partial charge is 0.238 e. The van der Waals surface area contributed by atoms with Crippen molar-refractivity contribution in [3.05, 3.63) is 0 Å². The number of nitrogens with one attached hydrogen (secondary N) is 1. The minimum atomic E-state index is -0.438. The Bertz CT molecular complexity index is 330. The molecule has 0 heterocycles. The Kier molecular flexibility index (Phi) is 5.44. The van der Waals surface area contributed by atoms with Crippen molar-refractivity contribution in [3.8, 4) is 0 Å². The van der Waals surface area contributed by atoms with Gasteiger partial charge in [0.05, 0.1) is 0 Å². The molecular weight excluding hydrogens is 250 g/mol. The third kappa shape index (κ3) is 3.34. The van der Waals surface area contributed by atoms with Crippen LogP contribution in [0.2, 0.25) is 0 Å². The van der Waals surface area contributed by atoms with Gasteiger partial charge in [0.25, 0.3) is 0 Å². The van der Waals surface area contributed by atoms with Gasteiger partial charge in [0.2, 0.25) is 5.91 Å². The van der Waals surface area contributed by atoms with E-state index in [2.05, 4.69) is 24.2 Å². The molecule has 0 spiro atoms. The lowest BCUT2D eigenvalue weighted by Crippen LogP contribution is -2.58. The van der Waals surface area contributed by atoms with Crippen LogP contribution in [0.4, 0.5) is 0 Å². The Morgan fingerprint density at radius 1 is 1.35 bits per heavy atom. The van der Waals surface area contributed by atoms with E-state index in [4.69, 9.17) is 5.73 Å². The van der Waals surface area contributed by atoms with Crippen LogP contribution in [0.3, 0.4) is 0 Å². The van der Waals surface area contributed by atoms with Gasteiger partial charge in [-0.2, -0.15) is 0 Å². The zero-order chi connectivity index (χ0) is 14.6. The summed E-state index contributed by atoms with van der Waals surface area (Å²) in [7, 11) is 2.21. The molecule has 0 saturated heterocycles. The van der Waals surface area contributed by atoms with Crippen molar-refractivity contribution in [1.82, 2.24) is 10.2 Å². The van der Waals surface area contributed by atoms with Gasteiger partial charge in [-0.3, -0.25) is 4.79 Å². The molecule has 0 radical (unpaired) electrons. The normalized spacial score (nSPS) is 30.6. The Balaban J connectivity index is 1.84. The Labute approximate surface area is 123 Å². The van der Waals surface area contributed by atoms with Crippen molar-refractivity contribution in [2.24, 2.45) is 17.6 Å². The van der Waals surface area contributed by atoms with E-state index in [1.807, 2.05) is 0 Å². The highest BCUT2D eigenvalue weighted by Crippen LogP contribution is 2.38. The average Bonchev–Trinajstić information content (AvgIpc) is 2.76. The number of nitrogens with two attached hydrogens (primary N) is 1. The maximum atomic E-state index is 11.9. The number of amides is 1. The van der Waals surface area contributed by atoms with Crippen molar-refractivity contribution in [3.63, 3.8) is 0 Å². The number of nitrogens with zero attached hydrogens (tertiary/aromatic N) is 1. The second-order valence-electron chi connectivity index (χ2n) is 6.80. The molecule has 2 rings (SSSR count). The fourth-order valence-corrected chi connectivity index (χ4v) is 4.01. The molecule has 3 N–H and O–H groups in total. The molecule has 1 amide bonds. The summed E-state index contributed by atoms with van der Waals surface area (Å²) in [6.07, 6.45) is 8.45. The summed E-state index contributed by atoms with van der Waals surface area (Å²) in [5.74, 6) is 1.17. The second kappa shape index (κ2) is 6.90. The Morgan fingerprint density at radius 3 is 2.65 bits per heavy atom. The molecule has 0 bridgehead atoms. The van der Waals surface area contributed by atoms with Gasteiger partial charge in [-0.25, -0.2) is 0 Å². The minimum absolute atomic E-state index is 0.150. The zero-order valence-electron chi connectivity index (χ0n) is 13.2. The Hall–Kier alpha value is -0.610. The first kappa shape index (κ1) is 15.8. The number of hydrogen-bond acceptors (Lipinski definition) is 3. The topological polar surface area (TPSA) is 58.4 Å². The fraction of sp³-hybridized carbons (Fsp3) is 0.938. The summed E-state index contributed by atoms with van der Waals surface area (Å²) in [6.45, 7) is 5.18. The van der Waals surface area contributed by atoms with E-state index in [1.165, 1.54) is 25.8 Å². The second-order valence-corrected chi connectivity index (χ2v) is 6.80. The maximum Gasteiger partial charge on any atom is 0.238 e. The number of carbonyl (C=O) groups excluding carboxylic acids is 1. The standard InChI is InChI=1S/C16H31N3O/c1-3-18-16(15(17)20)10-5-8-14(16)9-11-19(2)12-13-6-4-7-13/h13-14,18H,3-12H2,1-2H3,(H2,17,20). The molecule has 2 aliphatic rings. The average molecular weight is 281 g/mol. The predicted molar refractivity (Wildman–Crippen MR) is 82.4 cm³/mol. The highest BCUT2D eigenvalue weighted by atomic mass is 16.1. The number of rotatable bonds is 8. The van der Waals surface area contributed by atoms with E-state index in [-0.39, 0.29) is 5.91 Å². The van der Waals surface area contributed by atoms with Gasteiger partial charge in [0, 0.05) is 6.54 Å². The molecule has 20 heavy (non-hydrogen) atoms. The first-order chi connectivity index (χ1) is 9.58. The van der Waals surface area contributed by atoms with Crippen molar-refractivity contribution in [2.45, 2.75) is 57.4 Å².